The highest BCUT2D eigenvalue weighted by molar-refractivity contribution is 7.89. The first-order chi connectivity index (χ1) is 21.1. The minimum absolute atomic E-state index is 0.0825. The molecular weight excluding hydrogens is 644 g/mol. The Morgan fingerprint density at radius 2 is 1.71 bits per heavy atom. The molecule has 0 bridgehead atoms. The Labute approximate surface area is 260 Å². The van der Waals surface area contributed by atoms with E-state index in [0.717, 1.165) is 42.5 Å². The van der Waals surface area contributed by atoms with Crippen LogP contribution in [0.2, 0.25) is 5.02 Å². The predicted octanol–water partition coefficient (Wildman–Crippen LogP) is 5.20. The molecule has 16 heteroatoms. The molecule has 2 amide bonds. The zero-order chi connectivity index (χ0) is 33.1. The summed E-state index contributed by atoms with van der Waals surface area (Å²) in [5, 5.41) is 13.8. The number of nitrogens with zero attached hydrogens (tertiary/aromatic N) is 3. The van der Waals surface area contributed by atoms with Gasteiger partial charge in [0.15, 0.2) is 0 Å². The van der Waals surface area contributed by atoms with Crippen LogP contribution in [-0.2, 0) is 25.8 Å². The molecule has 0 aliphatic carbocycles. The summed E-state index contributed by atoms with van der Waals surface area (Å²) in [6.45, 7) is 0.793. The van der Waals surface area contributed by atoms with Crippen molar-refractivity contribution in [3.05, 3.63) is 110 Å². The molecule has 0 saturated carbocycles. The zero-order valence-corrected chi connectivity index (χ0v) is 24.9. The Kier molecular flexibility index (Phi) is 9.95. The minimum Gasteiger partial charge on any atom is -0.343 e. The molecule has 3 aromatic rings. The molecule has 3 aromatic carbocycles. The largest absolute Gasteiger partial charge is 0.416 e. The summed E-state index contributed by atoms with van der Waals surface area (Å²) in [6.07, 6.45) is -2.90. The molecule has 1 saturated heterocycles. The van der Waals surface area contributed by atoms with Crippen molar-refractivity contribution in [3.8, 4) is 0 Å². The number of carbonyl (C=O) groups is 2. The fourth-order valence-corrected chi connectivity index (χ4v) is 6.49. The van der Waals surface area contributed by atoms with Gasteiger partial charge in [0, 0.05) is 47.9 Å². The van der Waals surface area contributed by atoms with Gasteiger partial charge in [-0.05, 0) is 55.0 Å². The first kappa shape index (κ1) is 33.6. The number of carbonyl (C=O) groups excluding carboxylic acids is 2. The second kappa shape index (κ2) is 13.3. The van der Waals surface area contributed by atoms with E-state index in [1.54, 1.807) is 31.2 Å². The van der Waals surface area contributed by atoms with Crippen molar-refractivity contribution < 1.29 is 40.5 Å². The molecule has 1 aliphatic heterocycles. The highest BCUT2D eigenvalue weighted by Gasteiger charge is 2.41. The van der Waals surface area contributed by atoms with Gasteiger partial charge in [-0.3, -0.25) is 19.7 Å². The van der Waals surface area contributed by atoms with E-state index in [4.69, 9.17) is 11.6 Å². The number of nitrogens with one attached hydrogen (secondary N) is 1. The Morgan fingerprint density at radius 1 is 1.07 bits per heavy atom. The quantitative estimate of drug-likeness (QED) is 0.152. The Hall–Kier alpha value is -4.34. The second-order valence-corrected chi connectivity index (χ2v) is 12.4. The topological polar surface area (TPSA) is 130 Å². The highest BCUT2D eigenvalue weighted by atomic mass is 35.5. The molecule has 1 fully saturated rings. The molecule has 0 radical (unpaired) electrons. The maximum Gasteiger partial charge on any atom is 0.416 e. The number of benzene rings is 3. The average Bonchev–Trinajstić information content (AvgIpc) is 2.99. The van der Waals surface area contributed by atoms with Gasteiger partial charge >= 0.3 is 6.18 Å². The maximum atomic E-state index is 14.1. The number of nitro groups is 1. The van der Waals surface area contributed by atoms with Crippen LogP contribution in [0.5, 0.6) is 0 Å². The lowest BCUT2D eigenvalue weighted by molar-refractivity contribution is -0.384. The lowest BCUT2D eigenvalue weighted by atomic mass is 10.0. The third-order valence-electron chi connectivity index (χ3n) is 7.07. The van der Waals surface area contributed by atoms with E-state index in [1.807, 2.05) is 0 Å². The van der Waals surface area contributed by atoms with Gasteiger partial charge in [0.2, 0.25) is 21.8 Å². The highest BCUT2D eigenvalue weighted by Crippen LogP contribution is 2.33. The molecule has 0 unspecified atom stereocenters. The summed E-state index contributed by atoms with van der Waals surface area (Å²) < 4.78 is 80.7. The summed E-state index contributed by atoms with van der Waals surface area (Å²) >= 11 is 6.02. The summed E-state index contributed by atoms with van der Waals surface area (Å²) in [4.78, 5) is 37.3. The second-order valence-electron chi connectivity index (χ2n) is 10.1. The molecule has 1 aliphatic rings. The first-order valence-electron chi connectivity index (χ1n) is 13.2. The van der Waals surface area contributed by atoms with Crippen LogP contribution >= 0.6 is 11.6 Å². The van der Waals surface area contributed by atoms with E-state index >= 15 is 0 Å². The number of nitro benzene ring substituents is 1. The van der Waals surface area contributed by atoms with Crippen LogP contribution in [0.25, 0.3) is 6.08 Å². The Morgan fingerprint density at radius 3 is 2.29 bits per heavy atom. The fourth-order valence-electron chi connectivity index (χ4n) is 4.74. The van der Waals surface area contributed by atoms with Crippen LogP contribution in [0, 0.1) is 15.9 Å². The van der Waals surface area contributed by atoms with Crippen molar-refractivity contribution in [2.24, 2.45) is 0 Å². The number of hydrogen-bond donors (Lipinski definition) is 1. The first-order valence-corrected chi connectivity index (χ1v) is 15.0. The molecule has 4 rings (SSSR count). The third kappa shape index (κ3) is 7.85. The number of amides is 2. The van der Waals surface area contributed by atoms with Gasteiger partial charge in [-0.1, -0.05) is 29.8 Å². The lowest BCUT2D eigenvalue weighted by Gasteiger charge is -2.44. The number of non-ortho nitro benzene ring substituents is 1. The predicted molar refractivity (Wildman–Crippen MR) is 156 cm³/mol. The smallest absolute Gasteiger partial charge is 0.343 e. The maximum absolute atomic E-state index is 14.1. The van der Waals surface area contributed by atoms with Crippen molar-refractivity contribution in [1.82, 2.24) is 14.5 Å². The number of sulfonamides is 1. The van der Waals surface area contributed by atoms with Gasteiger partial charge in [0.1, 0.15) is 5.82 Å². The molecular formula is C29H25ClF4N4O6S. The number of rotatable bonds is 8. The molecule has 1 heterocycles. The summed E-state index contributed by atoms with van der Waals surface area (Å²) in [5.74, 6) is -2.58. The van der Waals surface area contributed by atoms with Crippen LogP contribution in [0.4, 0.5) is 23.2 Å². The Bertz CT molecular complexity index is 1730. The fraction of sp³-hybridized carbons (Fsp3) is 0.241. The van der Waals surface area contributed by atoms with Gasteiger partial charge in [-0.2, -0.15) is 17.5 Å². The van der Waals surface area contributed by atoms with Crippen LogP contribution < -0.4 is 5.32 Å². The lowest BCUT2D eigenvalue weighted by Crippen LogP contribution is -2.57. The van der Waals surface area contributed by atoms with Gasteiger partial charge in [-0.25, -0.2) is 12.8 Å². The summed E-state index contributed by atoms with van der Waals surface area (Å²) in [6, 6.07) is 11.1. The van der Waals surface area contributed by atoms with Crippen LogP contribution in [0.3, 0.4) is 0 Å². The van der Waals surface area contributed by atoms with Gasteiger partial charge in [0.05, 0.1) is 28.0 Å². The van der Waals surface area contributed by atoms with Crippen LogP contribution in [0.1, 0.15) is 29.7 Å². The van der Waals surface area contributed by atoms with E-state index in [2.05, 4.69) is 5.32 Å². The van der Waals surface area contributed by atoms with Gasteiger partial charge < -0.3 is 10.2 Å². The van der Waals surface area contributed by atoms with E-state index in [0.29, 0.717) is 22.7 Å². The third-order valence-corrected chi connectivity index (χ3v) is 9.31. The van der Waals surface area contributed by atoms with Crippen molar-refractivity contribution in [2.45, 2.75) is 30.1 Å². The van der Waals surface area contributed by atoms with Crippen molar-refractivity contribution >= 4 is 45.2 Å². The van der Waals surface area contributed by atoms with E-state index < -0.39 is 62.9 Å². The molecule has 0 aromatic heterocycles. The van der Waals surface area contributed by atoms with Gasteiger partial charge in [0.25, 0.3) is 5.69 Å². The molecule has 2 atom stereocenters. The summed E-state index contributed by atoms with van der Waals surface area (Å²) in [5.41, 5.74) is -1.19. The van der Waals surface area contributed by atoms with Crippen LogP contribution in [-0.4, -0.2) is 60.0 Å². The van der Waals surface area contributed by atoms with Gasteiger partial charge in [-0.15, -0.1) is 0 Å². The zero-order valence-electron chi connectivity index (χ0n) is 23.4. The monoisotopic (exact) mass is 668 g/mol. The molecule has 1 N–H and O–H groups in total. The number of piperazine rings is 1. The minimum atomic E-state index is -4.73. The molecule has 238 valence electrons. The SMILES string of the molecule is C[C@@H]1CN(C(=O)CNC(=O)/C=C/c2ccc(C(F)(F)F)cc2F)[C@@H](c2ccc(Cl)cc2)CN1S(=O)(=O)c1ccc([N+](=O)[O-])cc1. The van der Waals surface area contributed by atoms with E-state index in [1.165, 1.54) is 9.21 Å². The summed E-state index contributed by atoms with van der Waals surface area (Å²) in [7, 11) is -4.15. The van der Waals surface area contributed by atoms with Crippen LogP contribution in [0.15, 0.2) is 77.7 Å². The van der Waals surface area contributed by atoms with Crippen molar-refractivity contribution in [2.75, 3.05) is 19.6 Å². The standard InChI is InChI=1S/C29H25ClF4N4O6S/c1-18-16-36(28(40)15-35-27(39)13-5-19-2-6-21(14-25(19)31)29(32,33)34)26(20-3-7-22(30)8-4-20)17-37(18)45(43,44)24-11-9-23(10-12-24)38(41)42/h2-14,18,26H,15-17H2,1H3,(H,35,39)/b13-5+/t18-,26-/m1/s1. The van der Waals surface area contributed by atoms with Crippen molar-refractivity contribution in [3.63, 3.8) is 0 Å². The number of halogens is 5. The normalized spacial score (nSPS) is 17.8. The average molecular weight is 669 g/mol. The van der Waals surface area contributed by atoms with E-state index in [-0.39, 0.29) is 29.2 Å². The van der Waals surface area contributed by atoms with E-state index in [9.17, 15) is 45.7 Å². The number of alkyl halides is 3. The molecule has 45 heavy (non-hydrogen) atoms. The molecule has 0 spiro atoms. The number of hydrogen-bond acceptors (Lipinski definition) is 6. The molecule has 10 nitrogen and oxygen atoms in total. The van der Waals surface area contributed by atoms with Crippen molar-refractivity contribution in [1.29, 1.82) is 0 Å². The Balaban J connectivity index is 1.50.